The molecule has 0 bridgehead atoms. The summed E-state index contributed by atoms with van der Waals surface area (Å²) < 4.78 is 80.1. The predicted molar refractivity (Wildman–Crippen MR) is 92.8 cm³/mol. The van der Waals surface area contributed by atoms with Crippen molar-refractivity contribution in [2.75, 3.05) is 0 Å². The van der Waals surface area contributed by atoms with Gasteiger partial charge in [0.1, 0.15) is 12.2 Å². The third kappa shape index (κ3) is 4.66. The molecule has 0 aliphatic heterocycles. The number of rotatable bonds is 5. The molecule has 0 saturated carbocycles. The van der Waals surface area contributed by atoms with Gasteiger partial charge in [0, 0.05) is 29.3 Å². The van der Waals surface area contributed by atoms with Crippen LogP contribution in [0.15, 0.2) is 34.2 Å². The summed E-state index contributed by atoms with van der Waals surface area (Å²) in [6.45, 7) is 1.97. The molecule has 3 rings (SSSR count). The van der Waals surface area contributed by atoms with Gasteiger partial charge in [0.25, 0.3) is 0 Å². The maximum absolute atomic E-state index is 13.0. The van der Waals surface area contributed by atoms with Gasteiger partial charge in [0.05, 0.1) is 16.8 Å². The fraction of sp³-hybridized carbons (Fsp3) is 0.312. The average Bonchev–Trinajstić information content (AvgIpc) is 3.24. The van der Waals surface area contributed by atoms with E-state index in [1.165, 1.54) is 15.8 Å². The normalized spacial score (nSPS) is 12.5. The van der Waals surface area contributed by atoms with Gasteiger partial charge in [0.15, 0.2) is 4.34 Å². The molecule has 28 heavy (non-hydrogen) atoms. The molecule has 4 nitrogen and oxygen atoms in total. The maximum Gasteiger partial charge on any atom is 0.416 e. The van der Waals surface area contributed by atoms with E-state index in [0.717, 1.165) is 29.7 Å². The zero-order valence-electron chi connectivity index (χ0n) is 14.2. The quantitative estimate of drug-likeness (QED) is 0.462. The lowest BCUT2D eigenvalue weighted by molar-refractivity contribution is -0.143. The van der Waals surface area contributed by atoms with Crippen LogP contribution >= 0.6 is 23.3 Å². The van der Waals surface area contributed by atoms with Crippen molar-refractivity contribution >= 4 is 23.3 Å². The van der Waals surface area contributed by atoms with Crippen molar-refractivity contribution in [3.63, 3.8) is 0 Å². The first-order valence-corrected chi connectivity index (χ1v) is 9.56. The summed E-state index contributed by atoms with van der Waals surface area (Å²) in [6, 6.07) is 1.42. The summed E-state index contributed by atoms with van der Waals surface area (Å²) in [7, 11) is 0. The largest absolute Gasteiger partial charge is 0.416 e. The van der Waals surface area contributed by atoms with Crippen molar-refractivity contribution in [3.05, 3.63) is 46.9 Å². The molecule has 0 atom stereocenters. The Labute approximate surface area is 163 Å². The molecule has 0 unspecified atom stereocenters. The second-order valence-corrected chi connectivity index (χ2v) is 7.72. The molecule has 0 aliphatic rings. The van der Waals surface area contributed by atoms with E-state index in [1.807, 2.05) is 6.92 Å². The molecule has 0 N–H and O–H groups in total. The third-order valence-electron chi connectivity index (χ3n) is 3.59. The minimum Gasteiger partial charge on any atom is -0.228 e. The van der Waals surface area contributed by atoms with Gasteiger partial charge >= 0.3 is 12.4 Å². The fourth-order valence-corrected chi connectivity index (χ4v) is 4.02. The van der Waals surface area contributed by atoms with Gasteiger partial charge in [-0.1, -0.05) is 6.92 Å². The number of hydrogen-bond acceptors (Lipinski definition) is 5. The molecule has 0 amide bonds. The predicted octanol–water partition coefficient (Wildman–Crippen LogP) is 5.95. The van der Waals surface area contributed by atoms with Crippen LogP contribution in [0.2, 0.25) is 0 Å². The van der Waals surface area contributed by atoms with Crippen molar-refractivity contribution in [2.24, 2.45) is 0 Å². The summed E-state index contributed by atoms with van der Waals surface area (Å²) in [6.07, 6.45) is -6.92. The first kappa shape index (κ1) is 20.6. The first-order valence-electron chi connectivity index (χ1n) is 7.90. The van der Waals surface area contributed by atoms with E-state index in [9.17, 15) is 26.3 Å². The van der Waals surface area contributed by atoms with Gasteiger partial charge < -0.3 is 0 Å². The lowest BCUT2D eigenvalue weighted by Crippen LogP contribution is -2.11. The van der Waals surface area contributed by atoms with Crippen LogP contribution in [0.25, 0.3) is 11.3 Å². The molecule has 0 saturated heterocycles. The molecule has 2 heterocycles. The number of thiazole rings is 1. The molecule has 12 heteroatoms. The molecule has 2 aromatic heterocycles. The molecular formula is C16H12F6N4S2. The Morgan fingerprint density at radius 3 is 2.25 bits per heavy atom. The highest BCUT2D eigenvalue weighted by Crippen LogP contribution is 2.39. The van der Waals surface area contributed by atoms with Crippen molar-refractivity contribution in [1.29, 1.82) is 0 Å². The smallest absolute Gasteiger partial charge is 0.228 e. The summed E-state index contributed by atoms with van der Waals surface area (Å²) in [4.78, 5) is 8.26. The van der Waals surface area contributed by atoms with Crippen LogP contribution in [-0.4, -0.2) is 19.2 Å². The second kappa shape index (κ2) is 7.74. The topological polar surface area (TPSA) is 43.6 Å². The van der Waals surface area contributed by atoms with Gasteiger partial charge in [-0.05, 0) is 24.6 Å². The highest BCUT2D eigenvalue weighted by molar-refractivity contribution is 7.99. The van der Waals surface area contributed by atoms with Crippen LogP contribution in [-0.2, 0) is 18.8 Å². The Morgan fingerprint density at radius 1 is 1.04 bits per heavy atom. The Kier molecular flexibility index (Phi) is 5.71. The summed E-state index contributed by atoms with van der Waals surface area (Å²) in [5.41, 5.74) is -2.97. The molecular weight excluding hydrogens is 426 g/mol. The number of aryl methyl sites for hydroxylation is 1. The second-order valence-electron chi connectivity index (χ2n) is 5.68. The highest BCUT2D eigenvalue weighted by Gasteiger charge is 2.37. The average molecular weight is 438 g/mol. The van der Waals surface area contributed by atoms with Gasteiger partial charge in [-0.25, -0.2) is 9.97 Å². The van der Waals surface area contributed by atoms with Crippen LogP contribution in [0.1, 0.15) is 30.3 Å². The fourth-order valence-electron chi connectivity index (χ4n) is 2.32. The zero-order chi connectivity index (χ0) is 20.5. The number of halogens is 6. The zero-order valence-corrected chi connectivity index (χ0v) is 15.8. The Bertz CT molecular complexity index is 928. The molecule has 150 valence electrons. The van der Waals surface area contributed by atoms with Crippen LogP contribution in [0.4, 0.5) is 26.3 Å². The van der Waals surface area contributed by atoms with Gasteiger partial charge in [-0.15, -0.1) is 16.4 Å². The minimum atomic E-state index is -4.90. The van der Waals surface area contributed by atoms with Crippen LogP contribution in [0.3, 0.4) is 0 Å². The lowest BCUT2D eigenvalue weighted by Gasteiger charge is -2.13. The SMILES string of the molecule is CCCc1ncnn1Sc1nc(-c2cc(C(F)(F)F)cc(C(F)(F)F)c2)cs1. The van der Waals surface area contributed by atoms with Crippen LogP contribution < -0.4 is 0 Å². The Morgan fingerprint density at radius 2 is 1.68 bits per heavy atom. The maximum atomic E-state index is 13.0. The number of hydrogen-bond donors (Lipinski definition) is 0. The monoisotopic (exact) mass is 438 g/mol. The lowest BCUT2D eigenvalue weighted by atomic mass is 10.0. The number of alkyl halides is 6. The van der Waals surface area contributed by atoms with E-state index in [-0.39, 0.29) is 17.3 Å². The van der Waals surface area contributed by atoms with E-state index in [4.69, 9.17) is 0 Å². The van der Waals surface area contributed by atoms with Crippen LogP contribution in [0.5, 0.6) is 0 Å². The minimum absolute atomic E-state index is 0.0289. The molecule has 1 aromatic carbocycles. The summed E-state index contributed by atoms with van der Waals surface area (Å²) in [5.74, 6) is 0.697. The number of nitrogens with zero attached hydrogens (tertiary/aromatic N) is 4. The number of benzene rings is 1. The van der Waals surface area contributed by atoms with E-state index >= 15 is 0 Å². The standard InChI is InChI=1S/C16H12F6N4S2/c1-2-3-13-23-8-24-26(13)28-14-25-12(7-27-14)9-4-10(15(17,18)19)6-11(5-9)16(20,21)22/h4-8H,2-3H2,1H3. The van der Waals surface area contributed by atoms with E-state index in [0.29, 0.717) is 28.7 Å². The van der Waals surface area contributed by atoms with Crippen molar-refractivity contribution < 1.29 is 26.3 Å². The van der Waals surface area contributed by atoms with Crippen LogP contribution in [0, 0.1) is 0 Å². The molecule has 0 aliphatic carbocycles. The van der Waals surface area contributed by atoms with Crippen molar-refractivity contribution in [3.8, 4) is 11.3 Å². The molecule has 0 spiro atoms. The summed E-state index contributed by atoms with van der Waals surface area (Å²) in [5, 5.41) is 5.45. The Balaban J connectivity index is 1.95. The third-order valence-corrected chi connectivity index (χ3v) is 5.46. The van der Waals surface area contributed by atoms with E-state index in [2.05, 4.69) is 15.1 Å². The van der Waals surface area contributed by atoms with Gasteiger partial charge in [-0.3, -0.25) is 0 Å². The molecule has 0 radical (unpaired) electrons. The van der Waals surface area contributed by atoms with E-state index < -0.39 is 23.5 Å². The van der Waals surface area contributed by atoms with E-state index in [1.54, 1.807) is 0 Å². The van der Waals surface area contributed by atoms with Gasteiger partial charge in [-0.2, -0.15) is 30.4 Å². The summed E-state index contributed by atoms with van der Waals surface area (Å²) >= 11 is 2.20. The Hall–Kier alpha value is -2.08. The van der Waals surface area contributed by atoms with Crippen molar-refractivity contribution in [1.82, 2.24) is 19.2 Å². The first-order chi connectivity index (χ1) is 13.1. The van der Waals surface area contributed by atoms with Crippen molar-refractivity contribution in [2.45, 2.75) is 36.5 Å². The molecule has 3 aromatic rings. The highest BCUT2D eigenvalue weighted by atomic mass is 32.2. The van der Waals surface area contributed by atoms with Gasteiger partial charge in [0.2, 0.25) is 0 Å². The number of aromatic nitrogens is 4. The molecule has 0 fully saturated rings.